The molecular weight excluding hydrogens is 368 g/mol. The summed E-state index contributed by atoms with van der Waals surface area (Å²) in [7, 11) is 0. The molecule has 1 heterocycles. The molecule has 150 valence electrons. The Morgan fingerprint density at radius 2 is 1.93 bits per heavy atom. The first-order valence-electron chi connectivity index (χ1n) is 9.57. The van der Waals surface area contributed by atoms with E-state index in [1.54, 1.807) is 28.6 Å². The highest BCUT2D eigenvalue weighted by atomic mass is 16.2. The fraction of sp³-hybridized carbons (Fsp3) is 0.273. The van der Waals surface area contributed by atoms with E-state index in [4.69, 9.17) is 0 Å². The predicted octanol–water partition coefficient (Wildman–Crippen LogP) is 2.79. The minimum Gasteiger partial charge on any atom is -0.339 e. The number of anilines is 1. The van der Waals surface area contributed by atoms with E-state index in [-0.39, 0.29) is 23.7 Å². The summed E-state index contributed by atoms with van der Waals surface area (Å²) in [6.07, 6.45) is 1.50. The monoisotopic (exact) mass is 392 g/mol. The zero-order chi connectivity index (χ0) is 20.8. The van der Waals surface area contributed by atoms with Crippen molar-refractivity contribution in [3.8, 4) is 0 Å². The molecule has 1 N–H and O–H groups in total. The molecule has 2 aromatic carbocycles. The van der Waals surface area contributed by atoms with Crippen molar-refractivity contribution in [2.45, 2.75) is 33.4 Å². The Labute approximate surface area is 169 Å². The Bertz CT molecular complexity index is 1090. The molecule has 0 aliphatic rings. The van der Waals surface area contributed by atoms with Crippen LogP contribution in [0.15, 0.2) is 59.5 Å². The van der Waals surface area contributed by atoms with Gasteiger partial charge in [-0.15, -0.1) is 0 Å². The Morgan fingerprint density at radius 1 is 1.14 bits per heavy atom. The maximum absolute atomic E-state index is 12.4. The van der Waals surface area contributed by atoms with Crippen LogP contribution >= 0.6 is 0 Å². The molecule has 0 fully saturated rings. The standard InChI is InChI=1S/C22H24N4O3/c1-3-25(16(2)27)15-17-7-6-8-18(13-17)24-22(29)11-12-26-20-10-5-4-9-19(20)21(28)14-23-26/h4-10,13-14H,3,11-12,15H2,1-2H3,(H,24,29). The van der Waals surface area contributed by atoms with Crippen LogP contribution in [-0.4, -0.2) is 33.0 Å². The number of rotatable bonds is 7. The van der Waals surface area contributed by atoms with E-state index in [0.29, 0.717) is 36.2 Å². The largest absolute Gasteiger partial charge is 0.339 e. The normalized spacial score (nSPS) is 10.7. The van der Waals surface area contributed by atoms with Crippen molar-refractivity contribution in [1.82, 2.24) is 14.7 Å². The van der Waals surface area contributed by atoms with Crippen LogP contribution in [0.5, 0.6) is 0 Å². The van der Waals surface area contributed by atoms with Crippen molar-refractivity contribution in [3.05, 3.63) is 70.5 Å². The molecule has 0 unspecified atom stereocenters. The van der Waals surface area contributed by atoms with Gasteiger partial charge in [-0.2, -0.15) is 5.10 Å². The Balaban J connectivity index is 1.65. The number of carbonyl (C=O) groups is 2. The second kappa shape index (κ2) is 9.14. The van der Waals surface area contributed by atoms with Crippen molar-refractivity contribution in [1.29, 1.82) is 0 Å². The SMILES string of the molecule is CCN(Cc1cccc(NC(=O)CCn2ncc(=O)c3ccccc32)c1)C(C)=O. The van der Waals surface area contributed by atoms with Crippen LogP contribution in [0.3, 0.4) is 0 Å². The number of fused-ring (bicyclic) bond motifs is 1. The second-order valence-electron chi connectivity index (χ2n) is 6.78. The van der Waals surface area contributed by atoms with Gasteiger partial charge in [-0.05, 0) is 36.8 Å². The van der Waals surface area contributed by atoms with E-state index in [0.717, 1.165) is 5.56 Å². The van der Waals surface area contributed by atoms with Crippen LogP contribution < -0.4 is 10.7 Å². The molecule has 0 radical (unpaired) electrons. The Hall–Kier alpha value is -3.48. The highest BCUT2D eigenvalue weighted by molar-refractivity contribution is 5.90. The highest BCUT2D eigenvalue weighted by Crippen LogP contribution is 2.14. The fourth-order valence-electron chi connectivity index (χ4n) is 3.18. The predicted molar refractivity (Wildman–Crippen MR) is 112 cm³/mol. The second-order valence-corrected chi connectivity index (χ2v) is 6.78. The summed E-state index contributed by atoms with van der Waals surface area (Å²) in [5.41, 5.74) is 2.21. The average molecular weight is 392 g/mol. The molecule has 0 aliphatic heterocycles. The van der Waals surface area contributed by atoms with Gasteiger partial charge in [0.2, 0.25) is 17.2 Å². The van der Waals surface area contributed by atoms with Gasteiger partial charge in [0.25, 0.3) is 0 Å². The molecule has 0 saturated heterocycles. The molecule has 3 aromatic rings. The van der Waals surface area contributed by atoms with Gasteiger partial charge in [-0.1, -0.05) is 24.3 Å². The number of hydrogen-bond donors (Lipinski definition) is 1. The summed E-state index contributed by atoms with van der Waals surface area (Å²) >= 11 is 0. The van der Waals surface area contributed by atoms with E-state index in [2.05, 4.69) is 10.4 Å². The number of benzene rings is 2. The van der Waals surface area contributed by atoms with Crippen LogP contribution in [0.2, 0.25) is 0 Å². The molecule has 0 atom stereocenters. The van der Waals surface area contributed by atoms with Gasteiger partial charge in [0.15, 0.2) is 0 Å². The summed E-state index contributed by atoms with van der Waals surface area (Å²) < 4.78 is 1.67. The van der Waals surface area contributed by atoms with E-state index in [9.17, 15) is 14.4 Å². The minimum absolute atomic E-state index is 0.0165. The van der Waals surface area contributed by atoms with Gasteiger partial charge in [-0.25, -0.2) is 0 Å². The number of nitrogens with one attached hydrogen (secondary N) is 1. The number of aromatic nitrogens is 2. The van der Waals surface area contributed by atoms with Crippen LogP contribution in [0.4, 0.5) is 5.69 Å². The molecule has 7 nitrogen and oxygen atoms in total. The zero-order valence-electron chi connectivity index (χ0n) is 16.6. The number of carbonyl (C=O) groups excluding carboxylic acids is 2. The molecule has 0 saturated carbocycles. The smallest absolute Gasteiger partial charge is 0.226 e. The molecule has 0 bridgehead atoms. The molecule has 0 spiro atoms. The van der Waals surface area contributed by atoms with Crippen molar-refractivity contribution < 1.29 is 9.59 Å². The summed E-state index contributed by atoms with van der Waals surface area (Å²) in [4.78, 5) is 37.6. The average Bonchev–Trinajstić information content (AvgIpc) is 2.72. The molecule has 3 rings (SSSR count). The third kappa shape index (κ3) is 5.07. The summed E-state index contributed by atoms with van der Waals surface area (Å²) in [5, 5.41) is 7.62. The van der Waals surface area contributed by atoms with Gasteiger partial charge in [0.1, 0.15) is 0 Å². The van der Waals surface area contributed by atoms with E-state index in [1.165, 1.54) is 6.20 Å². The lowest BCUT2D eigenvalue weighted by molar-refractivity contribution is -0.129. The lowest BCUT2D eigenvalue weighted by Gasteiger charge is -2.19. The van der Waals surface area contributed by atoms with Crippen molar-refractivity contribution >= 4 is 28.4 Å². The number of nitrogens with zero attached hydrogens (tertiary/aromatic N) is 3. The van der Waals surface area contributed by atoms with Crippen LogP contribution in [0, 0.1) is 0 Å². The summed E-state index contributed by atoms with van der Waals surface area (Å²) in [6.45, 7) is 4.97. The molecular formula is C22H24N4O3. The van der Waals surface area contributed by atoms with Gasteiger partial charge < -0.3 is 10.2 Å². The first-order valence-corrected chi connectivity index (χ1v) is 9.57. The van der Waals surface area contributed by atoms with E-state index >= 15 is 0 Å². The van der Waals surface area contributed by atoms with Crippen molar-refractivity contribution in [2.75, 3.05) is 11.9 Å². The fourth-order valence-corrected chi connectivity index (χ4v) is 3.18. The van der Waals surface area contributed by atoms with E-state index in [1.807, 2.05) is 43.3 Å². The maximum atomic E-state index is 12.4. The quantitative estimate of drug-likeness (QED) is 0.670. The van der Waals surface area contributed by atoms with Gasteiger partial charge >= 0.3 is 0 Å². The van der Waals surface area contributed by atoms with Gasteiger partial charge in [0.05, 0.1) is 18.3 Å². The molecule has 1 aromatic heterocycles. The van der Waals surface area contributed by atoms with Gasteiger partial charge in [0, 0.05) is 37.5 Å². The number of amides is 2. The van der Waals surface area contributed by atoms with Crippen LogP contribution in [-0.2, 0) is 22.7 Å². The Morgan fingerprint density at radius 3 is 2.69 bits per heavy atom. The minimum atomic E-state index is -0.148. The third-order valence-electron chi connectivity index (χ3n) is 4.72. The number of hydrogen-bond acceptors (Lipinski definition) is 4. The van der Waals surface area contributed by atoms with Crippen molar-refractivity contribution in [2.24, 2.45) is 0 Å². The summed E-state index contributed by atoms with van der Waals surface area (Å²) in [5.74, 6) is -0.131. The number of aryl methyl sites for hydroxylation is 1. The molecule has 0 aliphatic carbocycles. The first-order chi connectivity index (χ1) is 14.0. The number of para-hydroxylation sites is 1. The summed E-state index contributed by atoms with van der Waals surface area (Å²) in [6, 6.07) is 14.7. The zero-order valence-corrected chi connectivity index (χ0v) is 16.6. The Kier molecular flexibility index (Phi) is 6.39. The molecule has 2 amide bonds. The lowest BCUT2D eigenvalue weighted by atomic mass is 10.2. The van der Waals surface area contributed by atoms with Gasteiger partial charge in [-0.3, -0.25) is 19.1 Å². The molecule has 7 heteroatoms. The van der Waals surface area contributed by atoms with Crippen molar-refractivity contribution in [3.63, 3.8) is 0 Å². The maximum Gasteiger partial charge on any atom is 0.226 e. The topological polar surface area (TPSA) is 84.3 Å². The molecule has 29 heavy (non-hydrogen) atoms. The first kappa shape index (κ1) is 20.3. The highest BCUT2D eigenvalue weighted by Gasteiger charge is 2.09. The third-order valence-corrected chi connectivity index (χ3v) is 4.72. The lowest BCUT2D eigenvalue weighted by Crippen LogP contribution is -2.27. The van der Waals surface area contributed by atoms with E-state index < -0.39 is 0 Å². The van der Waals surface area contributed by atoms with Crippen LogP contribution in [0.25, 0.3) is 10.9 Å². The van der Waals surface area contributed by atoms with Crippen LogP contribution in [0.1, 0.15) is 25.8 Å².